The molecule has 1 amide bonds. The Balaban J connectivity index is 1.19. The van der Waals surface area contributed by atoms with Crippen LogP contribution in [0.2, 0.25) is 5.02 Å². The zero-order valence-electron chi connectivity index (χ0n) is 18.4. The van der Waals surface area contributed by atoms with E-state index in [9.17, 15) is 4.79 Å². The number of benzene rings is 3. The molecule has 3 aromatic rings. The van der Waals surface area contributed by atoms with E-state index in [0.717, 1.165) is 49.1 Å². The van der Waals surface area contributed by atoms with Gasteiger partial charge in [0.05, 0.1) is 12.8 Å². The standard InChI is InChI=1S/C26H27ClN4O2/c27-23-11-9-21(10-12-23)19-30-13-15-31(16-14-30)20-26(32)29-28-18-22-5-4-8-25(17-22)33-24-6-2-1-3-7-24/h1-12,17-18H,13-16,19-20H2,(H,29,32)/b28-18-. The molecule has 1 saturated heterocycles. The average Bonchev–Trinajstić information content (AvgIpc) is 2.83. The molecular formula is C26H27ClN4O2. The van der Waals surface area contributed by atoms with Crippen molar-refractivity contribution in [3.05, 3.63) is 95.0 Å². The normalized spacial score (nSPS) is 14.9. The van der Waals surface area contributed by atoms with Crippen LogP contribution in [0.1, 0.15) is 11.1 Å². The first-order valence-electron chi connectivity index (χ1n) is 11.0. The molecule has 1 fully saturated rings. The summed E-state index contributed by atoms with van der Waals surface area (Å²) in [4.78, 5) is 16.8. The van der Waals surface area contributed by atoms with Crippen LogP contribution in [-0.2, 0) is 11.3 Å². The number of ether oxygens (including phenoxy) is 1. The van der Waals surface area contributed by atoms with Crippen molar-refractivity contribution in [2.45, 2.75) is 6.54 Å². The van der Waals surface area contributed by atoms with Gasteiger partial charge in [0.25, 0.3) is 5.91 Å². The van der Waals surface area contributed by atoms with Gasteiger partial charge in [0.1, 0.15) is 11.5 Å². The van der Waals surface area contributed by atoms with Crippen molar-refractivity contribution in [2.24, 2.45) is 5.10 Å². The van der Waals surface area contributed by atoms with E-state index in [1.54, 1.807) is 6.21 Å². The number of hydrogen-bond donors (Lipinski definition) is 1. The minimum absolute atomic E-state index is 0.117. The zero-order chi connectivity index (χ0) is 22.9. The number of piperazine rings is 1. The zero-order valence-corrected chi connectivity index (χ0v) is 19.1. The summed E-state index contributed by atoms with van der Waals surface area (Å²) in [6.07, 6.45) is 1.62. The quantitative estimate of drug-likeness (QED) is 0.398. The second kappa shape index (κ2) is 11.6. The fourth-order valence-corrected chi connectivity index (χ4v) is 3.78. The molecule has 0 aromatic heterocycles. The van der Waals surface area contributed by atoms with E-state index >= 15 is 0 Å². The molecule has 0 bridgehead atoms. The number of carbonyl (C=O) groups excluding carboxylic acids is 1. The van der Waals surface area contributed by atoms with Crippen molar-refractivity contribution in [3.8, 4) is 11.5 Å². The molecule has 1 heterocycles. The number of rotatable bonds is 8. The third kappa shape index (κ3) is 7.43. The topological polar surface area (TPSA) is 57.2 Å². The van der Waals surface area contributed by atoms with Crippen LogP contribution in [0.25, 0.3) is 0 Å². The van der Waals surface area contributed by atoms with Gasteiger partial charge in [-0.15, -0.1) is 0 Å². The van der Waals surface area contributed by atoms with Crippen molar-refractivity contribution < 1.29 is 9.53 Å². The van der Waals surface area contributed by atoms with Gasteiger partial charge in [-0.1, -0.05) is 54.1 Å². The highest BCUT2D eigenvalue weighted by Gasteiger charge is 2.18. The largest absolute Gasteiger partial charge is 0.457 e. The Morgan fingerprint density at radius 3 is 2.36 bits per heavy atom. The van der Waals surface area contributed by atoms with Gasteiger partial charge in [-0.25, -0.2) is 5.43 Å². The van der Waals surface area contributed by atoms with Crippen LogP contribution in [0.15, 0.2) is 84.0 Å². The molecule has 7 heteroatoms. The predicted octanol–water partition coefficient (Wildman–Crippen LogP) is 4.40. The highest BCUT2D eigenvalue weighted by molar-refractivity contribution is 6.30. The summed E-state index contributed by atoms with van der Waals surface area (Å²) in [5, 5.41) is 4.86. The lowest BCUT2D eigenvalue weighted by atomic mass is 10.2. The Bertz CT molecular complexity index is 1070. The molecule has 0 aliphatic carbocycles. The number of halogens is 1. The summed E-state index contributed by atoms with van der Waals surface area (Å²) < 4.78 is 5.83. The Hall–Kier alpha value is -3.19. The van der Waals surface area contributed by atoms with Crippen LogP contribution in [-0.4, -0.2) is 54.6 Å². The van der Waals surface area contributed by atoms with Crippen molar-refractivity contribution in [2.75, 3.05) is 32.7 Å². The molecule has 1 aliphatic heterocycles. The third-order valence-corrected chi connectivity index (χ3v) is 5.64. The summed E-state index contributed by atoms with van der Waals surface area (Å²) >= 11 is 5.96. The number of hydrazone groups is 1. The first kappa shape index (κ1) is 23.0. The van der Waals surface area contributed by atoms with E-state index in [2.05, 4.69) is 32.5 Å². The van der Waals surface area contributed by atoms with E-state index in [1.807, 2.05) is 66.7 Å². The van der Waals surface area contributed by atoms with E-state index in [4.69, 9.17) is 16.3 Å². The molecule has 170 valence electrons. The van der Waals surface area contributed by atoms with Crippen LogP contribution in [0, 0.1) is 0 Å². The molecule has 4 rings (SSSR count). The van der Waals surface area contributed by atoms with E-state index < -0.39 is 0 Å². The minimum atomic E-state index is -0.117. The maximum absolute atomic E-state index is 12.3. The summed E-state index contributed by atoms with van der Waals surface area (Å²) in [6, 6.07) is 25.1. The second-order valence-electron chi connectivity index (χ2n) is 7.96. The summed E-state index contributed by atoms with van der Waals surface area (Å²) in [5.74, 6) is 1.37. The lowest BCUT2D eigenvalue weighted by molar-refractivity contribution is -0.122. The Labute approximate surface area is 199 Å². The molecule has 1 N–H and O–H groups in total. The Kier molecular flexibility index (Phi) is 8.09. The highest BCUT2D eigenvalue weighted by atomic mass is 35.5. The van der Waals surface area contributed by atoms with Crippen LogP contribution in [0.4, 0.5) is 0 Å². The fraction of sp³-hybridized carbons (Fsp3) is 0.231. The summed E-state index contributed by atoms with van der Waals surface area (Å²) in [5.41, 5.74) is 4.72. The predicted molar refractivity (Wildman–Crippen MR) is 132 cm³/mol. The Morgan fingerprint density at radius 2 is 1.61 bits per heavy atom. The molecule has 33 heavy (non-hydrogen) atoms. The fourth-order valence-electron chi connectivity index (χ4n) is 3.65. The number of nitrogens with one attached hydrogen (secondary N) is 1. The maximum Gasteiger partial charge on any atom is 0.254 e. The van der Waals surface area contributed by atoms with E-state index in [-0.39, 0.29) is 5.91 Å². The number of hydrogen-bond acceptors (Lipinski definition) is 5. The van der Waals surface area contributed by atoms with Crippen LogP contribution >= 0.6 is 11.6 Å². The molecule has 3 aromatic carbocycles. The second-order valence-corrected chi connectivity index (χ2v) is 8.40. The maximum atomic E-state index is 12.3. The van der Waals surface area contributed by atoms with Crippen molar-refractivity contribution in [1.82, 2.24) is 15.2 Å². The molecule has 0 atom stereocenters. The van der Waals surface area contributed by atoms with Crippen LogP contribution in [0.5, 0.6) is 11.5 Å². The number of para-hydroxylation sites is 1. The smallest absolute Gasteiger partial charge is 0.254 e. The van der Waals surface area contributed by atoms with Gasteiger partial charge >= 0.3 is 0 Å². The van der Waals surface area contributed by atoms with Crippen molar-refractivity contribution in [3.63, 3.8) is 0 Å². The molecule has 0 radical (unpaired) electrons. The lowest BCUT2D eigenvalue weighted by Gasteiger charge is -2.34. The van der Waals surface area contributed by atoms with Gasteiger partial charge in [-0.3, -0.25) is 14.6 Å². The summed E-state index contributed by atoms with van der Waals surface area (Å²) in [7, 11) is 0. The minimum Gasteiger partial charge on any atom is -0.457 e. The molecule has 0 saturated carbocycles. The van der Waals surface area contributed by atoms with Gasteiger partial charge in [0, 0.05) is 37.7 Å². The number of amides is 1. The molecule has 1 aliphatic rings. The number of nitrogens with zero attached hydrogens (tertiary/aromatic N) is 3. The summed E-state index contributed by atoms with van der Waals surface area (Å²) in [6.45, 7) is 4.78. The van der Waals surface area contributed by atoms with Gasteiger partial charge in [0.2, 0.25) is 0 Å². The Morgan fingerprint density at radius 1 is 0.909 bits per heavy atom. The van der Waals surface area contributed by atoms with Gasteiger partial charge < -0.3 is 4.74 Å². The van der Waals surface area contributed by atoms with Gasteiger partial charge in [0.15, 0.2) is 0 Å². The highest BCUT2D eigenvalue weighted by Crippen LogP contribution is 2.21. The average molecular weight is 463 g/mol. The lowest BCUT2D eigenvalue weighted by Crippen LogP contribution is -2.48. The van der Waals surface area contributed by atoms with Gasteiger partial charge in [-0.2, -0.15) is 5.10 Å². The van der Waals surface area contributed by atoms with E-state index in [0.29, 0.717) is 12.3 Å². The first-order chi connectivity index (χ1) is 16.1. The van der Waals surface area contributed by atoms with Crippen LogP contribution in [0.3, 0.4) is 0 Å². The van der Waals surface area contributed by atoms with Crippen LogP contribution < -0.4 is 10.2 Å². The van der Waals surface area contributed by atoms with Gasteiger partial charge in [-0.05, 0) is 47.5 Å². The molecular weight excluding hydrogens is 436 g/mol. The molecule has 0 spiro atoms. The molecule has 0 unspecified atom stereocenters. The monoisotopic (exact) mass is 462 g/mol. The first-order valence-corrected chi connectivity index (χ1v) is 11.4. The van der Waals surface area contributed by atoms with Crippen molar-refractivity contribution in [1.29, 1.82) is 0 Å². The van der Waals surface area contributed by atoms with E-state index in [1.165, 1.54) is 5.56 Å². The number of carbonyl (C=O) groups is 1. The SMILES string of the molecule is O=C(CN1CCN(Cc2ccc(Cl)cc2)CC1)N/N=C\c1cccc(Oc2ccccc2)c1. The van der Waals surface area contributed by atoms with Crippen molar-refractivity contribution >= 4 is 23.7 Å². The molecule has 6 nitrogen and oxygen atoms in total. The third-order valence-electron chi connectivity index (χ3n) is 5.39.